The van der Waals surface area contributed by atoms with Crippen LogP contribution in [0.5, 0.6) is 0 Å². The van der Waals surface area contributed by atoms with Crippen LogP contribution < -0.4 is 5.32 Å². The molecular weight excluding hydrogens is 264 g/mol. The molecule has 2 aromatic heterocycles. The average Bonchev–Trinajstić information content (AvgIpc) is 3.02. The fourth-order valence-electron chi connectivity index (χ4n) is 2.29. The van der Waals surface area contributed by atoms with E-state index in [-0.39, 0.29) is 5.91 Å². The van der Waals surface area contributed by atoms with E-state index in [9.17, 15) is 4.79 Å². The van der Waals surface area contributed by atoms with E-state index in [1.54, 1.807) is 18.7 Å². The molecule has 106 valence electrons. The first-order valence-electron chi connectivity index (χ1n) is 6.84. The van der Waals surface area contributed by atoms with E-state index in [4.69, 9.17) is 0 Å². The third-order valence-electron chi connectivity index (χ3n) is 3.40. The first kappa shape index (κ1) is 13.3. The predicted molar refractivity (Wildman–Crippen MR) is 82.0 cm³/mol. The summed E-state index contributed by atoms with van der Waals surface area (Å²) in [6.45, 7) is 2.63. The van der Waals surface area contributed by atoms with Crippen LogP contribution in [0, 0.1) is 6.92 Å². The summed E-state index contributed by atoms with van der Waals surface area (Å²) < 4.78 is 1.88. The maximum Gasteiger partial charge on any atom is 0.226 e. The molecule has 0 aliphatic rings. The van der Waals surface area contributed by atoms with Crippen LogP contribution in [-0.4, -0.2) is 20.4 Å². The number of benzene rings is 1. The van der Waals surface area contributed by atoms with Crippen molar-refractivity contribution in [2.24, 2.45) is 0 Å². The number of nitrogens with zero attached hydrogens (tertiary/aromatic N) is 3. The molecule has 0 unspecified atom stereocenters. The first-order chi connectivity index (χ1) is 10.2. The van der Waals surface area contributed by atoms with Crippen molar-refractivity contribution in [3.05, 3.63) is 54.7 Å². The summed E-state index contributed by atoms with van der Waals surface area (Å²) in [4.78, 5) is 20.4. The summed E-state index contributed by atoms with van der Waals surface area (Å²) in [6, 6.07) is 7.75. The highest BCUT2D eigenvalue weighted by atomic mass is 16.1. The Hall–Kier alpha value is -2.69. The van der Waals surface area contributed by atoms with Crippen LogP contribution in [0.1, 0.15) is 12.0 Å². The molecule has 0 saturated heterocycles. The van der Waals surface area contributed by atoms with E-state index in [0.29, 0.717) is 13.0 Å². The van der Waals surface area contributed by atoms with Gasteiger partial charge in [0, 0.05) is 36.9 Å². The number of rotatable bonds is 4. The van der Waals surface area contributed by atoms with E-state index in [0.717, 1.165) is 22.2 Å². The maximum atomic E-state index is 12.1. The van der Waals surface area contributed by atoms with Crippen LogP contribution in [0.15, 0.2) is 49.2 Å². The lowest BCUT2D eigenvalue weighted by Crippen LogP contribution is -2.14. The largest absolute Gasteiger partial charge is 0.337 e. The van der Waals surface area contributed by atoms with Gasteiger partial charge in [-0.25, -0.2) is 4.98 Å². The molecule has 5 heteroatoms. The molecule has 0 atom stereocenters. The van der Waals surface area contributed by atoms with Crippen molar-refractivity contribution in [1.82, 2.24) is 14.5 Å². The zero-order valence-electron chi connectivity index (χ0n) is 11.8. The van der Waals surface area contributed by atoms with Gasteiger partial charge in [0.25, 0.3) is 0 Å². The van der Waals surface area contributed by atoms with Crippen LogP contribution in [0.3, 0.4) is 0 Å². The zero-order valence-corrected chi connectivity index (χ0v) is 11.8. The van der Waals surface area contributed by atoms with Crippen molar-refractivity contribution in [1.29, 1.82) is 0 Å². The Kier molecular flexibility index (Phi) is 3.64. The molecular formula is C16H16N4O. The summed E-state index contributed by atoms with van der Waals surface area (Å²) in [5.74, 6) is -0.0160. The number of aryl methyl sites for hydroxylation is 2. The number of hydrogen-bond donors (Lipinski definition) is 1. The minimum Gasteiger partial charge on any atom is -0.337 e. The van der Waals surface area contributed by atoms with Crippen molar-refractivity contribution < 1.29 is 4.79 Å². The fourth-order valence-corrected chi connectivity index (χ4v) is 2.29. The Morgan fingerprint density at radius 3 is 3.00 bits per heavy atom. The van der Waals surface area contributed by atoms with Crippen LogP contribution in [0.25, 0.3) is 10.9 Å². The molecule has 0 fully saturated rings. The molecule has 3 rings (SSSR count). The van der Waals surface area contributed by atoms with Crippen molar-refractivity contribution in [2.75, 3.05) is 5.32 Å². The number of carbonyl (C=O) groups is 1. The number of nitrogens with one attached hydrogen (secondary N) is 1. The molecule has 0 bridgehead atoms. The standard InChI is InChI=1S/C16H16N4O/c1-12-4-5-14(13-3-2-7-18-16(12)13)19-15(21)6-9-20-10-8-17-11-20/h2-5,7-8,10-11H,6,9H2,1H3,(H,19,21). The maximum absolute atomic E-state index is 12.1. The Labute approximate surface area is 122 Å². The summed E-state index contributed by atoms with van der Waals surface area (Å²) in [6.07, 6.45) is 7.43. The van der Waals surface area contributed by atoms with Crippen LogP contribution >= 0.6 is 0 Å². The SMILES string of the molecule is Cc1ccc(NC(=O)CCn2ccnc2)c2cccnc12. The topological polar surface area (TPSA) is 59.8 Å². The van der Waals surface area contributed by atoms with Gasteiger partial charge in [0.1, 0.15) is 0 Å². The lowest BCUT2D eigenvalue weighted by atomic mass is 10.1. The number of imidazole rings is 1. The lowest BCUT2D eigenvalue weighted by Gasteiger charge is -2.10. The second kappa shape index (κ2) is 5.75. The first-order valence-corrected chi connectivity index (χ1v) is 6.84. The minimum absolute atomic E-state index is 0.0160. The molecule has 3 aromatic rings. The number of fused-ring (bicyclic) bond motifs is 1. The van der Waals surface area contributed by atoms with E-state index in [1.807, 2.05) is 42.0 Å². The van der Waals surface area contributed by atoms with Gasteiger partial charge in [0.2, 0.25) is 5.91 Å². The summed E-state index contributed by atoms with van der Waals surface area (Å²) in [7, 11) is 0. The Morgan fingerprint density at radius 2 is 2.19 bits per heavy atom. The van der Waals surface area contributed by atoms with Crippen molar-refractivity contribution in [3.8, 4) is 0 Å². The van der Waals surface area contributed by atoms with Gasteiger partial charge in [0.05, 0.1) is 17.5 Å². The van der Waals surface area contributed by atoms with Gasteiger partial charge in [-0.2, -0.15) is 0 Å². The average molecular weight is 280 g/mol. The van der Waals surface area contributed by atoms with Gasteiger partial charge < -0.3 is 9.88 Å². The van der Waals surface area contributed by atoms with Gasteiger partial charge in [-0.1, -0.05) is 6.07 Å². The zero-order chi connectivity index (χ0) is 14.7. The molecule has 0 aliphatic carbocycles. The van der Waals surface area contributed by atoms with E-state index in [1.165, 1.54) is 0 Å². The van der Waals surface area contributed by atoms with Gasteiger partial charge in [-0.05, 0) is 30.7 Å². The highest BCUT2D eigenvalue weighted by Gasteiger charge is 2.08. The summed E-state index contributed by atoms with van der Waals surface area (Å²) in [5.41, 5.74) is 2.83. The molecule has 21 heavy (non-hydrogen) atoms. The Bertz CT molecular complexity index is 765. The minimum atomic E-state index is -0.0160. The second-order valence-electron chi connectivity index (χ2n) is 4.93. The van der Waals surface area contributed by atoms with E-state index < -0.39 is 0 Å². The van der Waals surface area contributed by atoms with E-state index >= 15 is 0 Å². The molecule has 5 nitrogen and oxygen atoms in total. The van der Waals surface area contributed by atoms with Gasteiger partial charge in [-0.3, -0.25) is 9.78 Å². The molecule has 1 aromatic carbocycles. The number of carbonyl (C=O) groups excluding carboxylic acids is 1. The lowest BCUT2D eigenvalue weighted by molar-refractivity contribution is -0.116. The van der Waals surface area contributed by atoms with Crippen molar-refractivity contribution >= 4 is 22.5 Å². The number of pyridine rings is 1. The Morgan fingerprint density at radius 1 is 1.29 bits per heavy atom. The normalized spacial score (nSPS) is 10.7. The van der Waals surface area contributed by atoms with Crippen LogP contribution in [0.4, 0.5) is 5.69 Å². The third-order valence-corrected chi connectivity index (χ3v) is 3.40. The monoisotopic (exact) mass is 280 g/mol. The molecule has 1 N–H and O–H groups in total. The number of anilines is 1. The highest BCUT2D eigenvalue weighted by Crippen LogP contribution is 2.24. The fraction of sp³-hybridized carbons (Fsp3) is 0.188. The number of aromatic nitrogens is 3. The summed E-state index contributed by atoms with van der Waals surface area (Å²) in [5, 5.41) is 3.93. The quantitative estimate of drug-likeness (QED) is 0.799. The second-order valence-corrected chi connectivity index (χ2v) is 4.93. The molecule has 0 radical (unpaired) electrons. The van der Waals surface area contributed by atoms with E-state index in [2.05, 4.69) is 15.3 Å². The summed E-state index contributed by atoms with van der Waals surface area (Å²) >= 11 is 0. The third kappa shape index (κ3) is 2.91. The number of amides is 1. The highest BCUT2D eigenvalue weighted by molar-refractivity contribution is 6.01. The molecule has 2 heterocycles. The van der Waals surface area contributed by atoms with Crippen LogP contribution in [-0.2, 0) is 11.3 Å². The van der Waals surface area contributed by atoms with Crippen LogP contribution in [0.2, 0.25) is 0 Å². The van der Waals surface area contributed by atoms with Gasteiger partial charge in [-0.15, -0.1) is 0 Å². The number of hydrogen-bond acceptors (Lipinski definition) is 3. The van der Waals surface area contributed by atoms with Crippen molar-refractivity contribution in [2.45, 2.75) is 19.9 Å². The smallest absolute Gasteiger partial charge is 0.226 e. The molecule has 0 saturated carbocycles. The molecule has 1 amide bonds. The van der Waals surface area contributed by atoms with Crippen molar-refractivity contribution in [3.63, 3.8) is 0 Å². The Balaban J connectivity index is 1.75. The molecule has 0 spiro atoms. The predicted octanol–water partition coefficient (Wildman–Crippen LogP) is 2.77. The van der Waals surface area contributed by atoms with Gasteiger partial charge >= 0.3 is 0 Å². The van der Waals surface area contributed by atoms with Gasteiger partial charge in [0.15, 0.2) is 0 Å². The molecule has 0 aliphatic heterocycles.